The van der Waals surface area contributed by atoms with E-state index in [2.05, 4.69) is 20.9 Å². The molecular weight excluding hydrogens is 295 g/mol. The number of aromatic amines is 1. The van der Waals surface area contributed by atoms with Gasteiger partial charge in [-0.25, -0.2) is 4.98 Å². The van der Waals surface area contributed by atoms with Crippen LogP contribution in [-0.2, 0) is 10.9 Å². The quantitative estimate of drug-likeness (QED) is 0.872. The fourth-order valence-corrected chi connectivity index (χ4v) is 3.12. The number of H-pyrrole nitrogens is 1. The van der Waals surface area contributed by atoms with E-state index in [1.165, 1.54) is 5.57 Å². The minimum Gasteiger partial charge on any atom is -0.377 e. The van der Waals surface area contributed by atoms with E-state index in [0.29, 0.717) is 12.4 Å². The molecule has 0 radical (unpaired) electrons. The van der Waals surface area contributed by atoms with Crippen LogP contribution in [0.1, 0.15) is 36.7 Å². The lowest BCUT2D eigenvalue weighted by atomic mass is 9.97. The van der Waals surface area contributed by atoms with Crippen molar-refractivity contribution in [3.05, 3.63) is 29.4 Å². The van der Waals surface area contributed by atoms with Gasteiger partial charge in [0.05, 0.1) is 19.4 Å². The number of aromatic nitrogens is 2. The van der Waals surface area contributed by atoms with Gasteiger partial charge in [-0.15, -0.1) is 0 Å². The Morgan fingerprint density at radius 3 is 2.95 bits per heavy atom. The second-order valence-corrected chi connectivity index (χ2v) is 5.96. The zero-order chi connectivity index (χ0) is 15.6. The summed E-state index contributed by atoms with van der Waals surface area (Å²) >= 11 is 0. The predicted octanol–water partition coefficient (Wildman–Crippen LogP) is 2.95. The highest BCUT2D eigenvalue weighted by molar-refractivity contribution is 5.11. The molecule has 2 aliphatic rings. The molecule has 1 fully saturated rings. The summed E-state index contributed by atoms with van der Waals surface area (Å²) in [6.07, 6.45) is 1.54. The number of piperidine rings is 1. The van der Waals surface area contributed by atoms with Gasteiger partial charge >= 0.3 is 6.18 Å². The first-order valence-corrected chi connectivity index (χ1v) is 7.62. The standard InChI is InChI=1S/C15H20F3N3O/c16-15(17,18)13-7-19-14(20-13)12-4-1-5-21(9-12)8-11-3-2-6-22-10-11/h3,7,12H,1-2,4-6,8-10H2,(H,19,20)/t12-/m1/s1. The minimum atomic E-state index is -4.36. The molecule has 122 valence electrons. The fraction of sp³-hybridized carbons (Fsp3) is 0.667. The Kier molecular flexibility index (Phi) is 4.54. The first kappa shape index (κ1) is 15.6. The molecule has 1 aromatic rings. The summed E-state index contributed by atoms with van der Waals surface area (Å²) in [7, 11) is 0. The number of hydrogen-bond acceptors (Lipinski definition) is 3. The summed E-state index contributed by atoms with van der Waals surface area (Å²) in [5.74, 6) is 0.487. The molecule has 1 atom stereocenters. The van der Waals surface area contributed by atoms with Crippen molar-refractivity contribution in [2.24, 2.45) is 0 Å². The van der Waals surface area contributed by atoms with E-state index in [9.17, 15) is 13.2 Å². The van der Waals surface area contributed by atoms with Gasteiger partial charge in [-0.05, 0) is 31.4 Å². The van der Waals surface area contributed by atoms with Crippen molar-refractivity contribution in [1.82, 2.24) is 14.9 Å². The zero-order valence-electron chi connectivity index (χ0n) is 12.3. The summed E-state index contributed by atoms with van der Waals surface area (Å²) in [5, 5.41) is 0. The molecule has 1 N–H and O–H groups in total. The maximum absolute atomic E-state index is 12.7. The number of alkyl halides is 3. The summed E-state index contributed by atoms with van der Waals surface area (Å²) < 4.78 is 43.4. The van der Waals surface area contributed by atoms with E-state index in [1.807, 2.05) is 0 Å². The van der Waals surface area contributed by atoms with Crippen LogP contribution < -0.4 is 0 Å². The third kappa shape index (κ3) is 3.70. The second-order valence-electron chi connectivity index (χ2n) is 5.96. The van der Waals surface area contributed by atoms with E-state index in [4.69, 9.17) is 4.74 Å². The predicted molar refractivity (Wildman–Crippen MR) is 75.5 cm³/mol. The van der Waals surface area contributed by atoms with Gasteiger partial charge < -0.3 is 9.72 Å². The lowest BCUT2D eigenvalue weighted by Crippen LogP contribution is -2.37. The van der Waals surface area contributed by atoms with Gasteiger partial charge in [0.1, 0.15) is 11.5 Å². The van der Waals surface area contributed by atoms with Crippen molar-refractivity contribution < 1.29 is 17.9 Å². The maximum Gasteiger partial charge on any atom is 0.432 e. The Labute approximate surface area is 127 Å². The van der Waals surface area contributed by atoms with E-state index in [1.54, 1.807) is 0 Å². The van der Waals surface area contributed by atoms with E-state index in [0.717, 1.165) is 51.7 Å². The molecule has 0 bridgehead atoms. The fourth-order valence-electron chi connectivity index (χ4n) is 3.12. The van der Waals surface area contributed by atoms with Crippen LogP contribution in [0, 0.1) is 0 Å². The molecule has 1 aromatic heterocycles. The molecule has 0 aromatic carbocycles. The van der Waals surface area contributed by atoms with Crippen molar-refractivity contribution in [3.63, 3.8) is 0 Å². The molecular formula is C15H20F3N3O. The highest BCUT2D eigenvalue weighted by Gasteiger charge is 2.34. The van der Waals surface area contributed by atoms with Crippen molar-refractivity contribution in [2.45, 2.75) is 31.4 Å². The molecule has 4 nitrogen and oxygen atoms in total. The minimum absolute atomic E-state index is 0.0370. The van der Waals surface area contributed by atoms with E-state index >= 15 is 0 Å². The van der Waals surface area contributed by atoms with Crippen LogP contribution in [-0.4, -0.2) is 47.7 Å². The first-order chi connectivity index (χ1) is 10.5. The van der Waals surface area contributed by atoms with Crippen LogP contribution in [0.4, 0.5) is 13.2 Å². The van der Waals surface area contributed by atoms with Crippen LogP contribution in [0.2, 0.25) is 0 Å². The zero-order valence-corrected chi connectivity index (χ0v) is 12.3. The molecule has 0 spiro atoms. The highest BCUT2D eigenvalue weighted by Crippen LogP contribution is 2.31. The van der Waals surface area contributed by atoms with Gasteiger partial charge in [0.15, 0.2) is 0 Å². The average Bonchev–Trinajstić information content (AvgIpc) is 2.99. The summed E-state index contributed by atoms with van der Waals surface area (Å²) in [5.41, 5.74) is 0.505. The Bertz CT molecular complexity index is 538. The number of nitrogens with one attached hydrogen (secondary N) is 1. The monoisotopic (exact) mass is 315 g/mol. The van der Waals surface area contributed by atoms with Crippen LogP contribution >= 0.6 is 0 Å². The Morgan fingerprint density at radius 1 is 1.41 bits per heavy atom. The van der Waals surface area contributed by atoms with Gasteiger partial charge in [-0.2, -0.15) is 13.2 Å². The van der Waals surface area contributed by atoms with Crippen molar-refractivity contribution in [3.8, 4) is 0 Å². The Hall–Kier alpha value is -1.34. The highest BCUT2D eigenvalue weighted by atomic mass is 19.4. The first-order valence-electron chi connectivity index (χ1n) is 7.62. The molecule has 1 saturated heterocycles. The lowest BCUT2D eigenvalue weighted by molar-refractivity contribution is -0.141. The van der Waals surface area contributed by atoms with Gasteiger partial charge in [0, 0.05) is 19.0 Å². The van der Waals surface area contributed by atoms with Gasteiger partial charge in [0.25, 0.3) is 0 Å². The number of nitrogens with zero attached hydrogens (tertiary/aromatic N) is 2. The number of ether oxygens (including phenoxy) is 1. The summed E-state index contributed by atoms with van der Waals surface area (Å²) in [6.45, 7) is 3.99. The number of hydrogen-bond donors (Lipinski definition) is 1. The van der Waals surface area contributed by atoms with Crippen LogP contribution in [0.5, 0.6) is 0 Å². The number of likely N-dealkylation sites (tertiary alicyclic amines) is 1. The average molecular weight is 315 g/mol. The Morgan fingerprint density at radius 2 is 2.27 bits per heavy atom. The molecule has 3 heterocycles. The Balaban J connectivity index is 1.62. The second kappa shape index (κ2) is 6.42. The van der Waals surface area contributed by atoms with Crippen molar-refractivity contribution >= 4 is 0 Å². The van der Waals surface area contributed by atoms with Crippen LogP contribution in [0.15, 0.2) is 17.8 Å². The summed E-state index contributed by atoms with van der Waals surface area (Å²) in [4.78, 5) is 8.67. The molecule has 7 heteroatoms. The third-order valence-corrected chi connectivity index (χ3v) is 4.20. The molecule has 22 heavy (non-hydrogen) atoms. The molecule has 2 aliphatic heterocycles. The largest absolute Gasteiger partial charge is 0.432 e. The van der Waals surface area contributed by atoms with Gasteiger partial charge in [-0.1, -0.05) is 6.08 Å². The third-order valence-electron chi connectivity index (χ3n) is 4.20. The van der Waals surface area contributed by atoms with E-state index in [-0.39, 0.29) is 5.92 Å². The molecule has 3 rings (SSSR count). The summed E-state index contributed by atoms with van der Waals surface area (Å²) in [6, 6.07) is 0. The van der Waals surface area contributed by atoms with Crippen LogP contribution in [0.25, 0.3) is 0 Å². The normalized spacial score (nSPS) is 24.3. The maximum atomic E-state index is 12.7. The number of rotatable bonds is 3. The van der Waals surface area contributed by atoms with Crippen molar-refractivity contribution in [2.75, 3.05) is 32.8 Å². The van der Waals surface area contributed by atoms with Gasteiger partial charge in [0.2, 0.25) is 0 Å². The van der Waals surface area contributed by atoms with E-state index < -0.39 is 11.9 Å². The molecule has 0 aliphatic carbocycles. The van der Waals surface area contributed by atoms with Crippen molar-refractivity contribution in [1.29, 1.82) is 0 Å². The SMILES string of the molecule is FC(F)(F)c1cnc([C@@H]2CCCN(CC3=CCCOC3)C2)[nH]1. The smallest absolute Gasteiger partial charge is 0.377 e. The lowest BCUT2D eigenvalue weighted by Gasteiger charge is -2.33. The van der Waals surface area contributed by atoms with Crippen LogP contribution in [0.3, 0.4) is 0 Å². The molecule has 0 saturated carbocycles. The number of imidazole rings is 1. The van der Waals surface area contributed by atoms with Gasteiger partial charge in [-0.3, -0.25) is 4.90 Å². The topological polar surface area (TPSA) is 41.2 Å². The molecule has 0 unspecified atom stereocenters. The molecule has 0 amide bonds. The number of halogens is 3.